The van der Waals surface area contributed by atoms with Crippen LogP contribution in [0.25, 0.3) is 0 Å². The molecule has 0 saturated carbocycles. The van der Waals surface area contributed by atoms with Crippen molar-refractivity contribution in [1.82, 2.24) is 0 Å². The number of carbonyl (C=O) groups is 2. The van der Waals surface area contributed by atoms with Gasteiger partial charge in [-0.05, 0) is 92.4 Å². The summed E-state index contributed by atoms with van der Waals surface area (Å²) >= 11 is 6.33. The molecule has 0 heterocycles. The fourth-order valence-electron chi connectivity index (χ4n) is 3.31. The van der Waals surface area contributed by atoms with Gasteiger partial charge in [0.05, 0.1) is 30.9 Å². The average molecular weight is 533 g/mol. The smallest absolute Gasteiger partial charge is 0.343 e. The largest absolute Gasteiger partial charge is 0.497 e. The first-order chi connectivity index (χ1) is 18.5. The molecule has 0 aliphatic rings. The van der Waals surface area contributed by atoms with E-state index in [9.17, 15) is 9.59 Å². The molecule has 196 valence electrons. The molecule has 0 amide bonds. The Morgan fingerprint density at radius 1 is 0.842 bits per heavy atom. The van der Waals surface area contributed by atoms with Crippen LogP contribution in [0.1, 0.15) is 47.2 Å². The molecule has 6 nitrogen and oxygen atoms in total. The maximum absolute atomic E-state index is 12.6. The number of hydrogen-bond acceptors (Lipinski definition) is 6. The standard InChI is InChI=1S/C31H29ClO6/c1-3-30(33)37-21-7-5-4-6-20-36-27-17-13-25(14-18-27)31(34)38-29-19-12-24(22-28(29)32)9-8-23-10-15-26(35-2)16-11-23/h3,10-19,22H,1,4-7,20-21H2,2H3. The molecular formula is C31H29ClO6. The fourth-order valence-corrected chi connectivity index (χ4v) is 3.52. The number of unbranched alkanes of at least 4 members (excludes halogenated alkanes) is 3. The second kappa shape index (κ2) is 15.1. The number of hydrogen-bond donors (Lipinski definition) is 0. The van der Waals surface area contributed by atoms with E-state index in [1.165, 1.54) is 0 Å². The molecule has 0 aliphatic carbocycles. The minimum absolute atomic E-state index is 0.256. The quantitative estimate of drug-likeness (QED) is 0.0856. The van der Waals surface area contributed by atoms with Crippen molar-refractivity contribution in [3.8, 4) is 29.1 Å². The van der Waals surface area contributed by atoms with Crippen molar-refractivity contribution in [2.45, 2.75) is 25.7 Å². The summed E-state index contributed by atoms with van der Waals surface area (Å²) in [6.07, 6.45) is 4.74. The molecule has 0 N–H and O–H groups in total. The Hall–Kier alpha value is -4.21. The van der Waals surface area contributed by atoms with Gasteiger partial charge >= 0.3 is 11.9 Å². The van der Waals surface area contributed by atoms with Crippen LogP contribution in [0.2, 0.25) is 5.02 Å². The third-order valence-electron chi connectivity index (χ3n) is 5.38. The van der Waals surface area contributed by atoms with Gasteiger partial charge in [-0.3, -0.25) is 0 Å². The Labute approximate surface area is 228 Å². The molecule has 0 atom stereocenters. The zero-order valence-corrected chi connectivity index (χ0v) is 22.0. The lowest BCUT2D eigenvalue weighted by Crippen LogP contribution is -2.09. The zero-order chi connectivity index (χ0) is 27.2. The molecule has 0 spiro atoms. The summed E-state index contributed by atoms with van der Waals surface area (Å²) in [6.45, 7) is 4.31. The summed E-state index contributed by atoms with van der Waals surface area (Å²) in [5.74, 6) is 6.88. The van der Waals surface area contributed by atoms with Crippen molar-refractivity contribution >= 4 is 23.5 Å². The SMILES string of the molecule is C=CC(=O)OCCCCCCOc1ccc(C(=O)Oc2ccc(C#Cc3ccc(OC)cc3)cc2Cl)cc1. The summed E-state index contributed by atoms with van der Waals surface area (Å²) in [5, 5.41) is 0.290. The lowest BCUT2D eigenvalue weighted by Gasteiger charge is -2.09. The summed E-state index contributed by atoms with van der Waals surface area (Å²) < 4.78 is 21.3. The molecular weight excluding hydrogens is 504 g/mol. The third kappa shape index (κ3) is 9.34. The number of carbonyl (C=O) groups excluding carboxylic acids is 2. The molecule has 3 aromatic carbocycles. The number of benzene rings is 3. The molecule has 0 bridgehead atoms. The highest BCUT2D eigenvalue weighted by atomic mass is 35.5. The van der Waals surface area contributed by atoms with Crippen molar-refractivity contribution < 1.29 is 28.5 Å². The summed E-state index contributed by atoms with van der Waals surface area (Å²) in [7, 11) is 1.61. The van der Waals surface area contributed by atoms with Gasteiger partial charge in [-0.2, -0.15) is 0 Å². The number of halogens is 1. The number of esters is 2. The Kier molecular flexibility index (Phi) is 11.3. The molecule has 0 aliphatic heterocycles. The van der Waals surface area contributed by atoms with Gasteiger partial charge < -0.3 is 18.9 Å². The van der Waals surface area contributed by atoms with E-state index in [1.807, 2.05) is 24.3 Å². The number of ether oxygens (including phenoxy) is 4. The zero-order valence-electron chi connectivity index (χ0n) is 21.2. The van der Waals surface area contributed by atoms with Gasteiger partial charge in [0.2, 0.25) is 0 Å². The van der Waals surface area contributed by atoms with Gasteiger partial charge in [-0.25, -0.2) is 9.59 Å². The molecule has 0 unspecified atom stereocenters. The molecule has 3 rings (SSSR count). The number of rotatable bonds is 12. The van der Waals surface area contributed by atoms with Crippen LogP contribution in [0.4, 0.5) is 0 Å². The van der Waals surface area contributed by atoms with Gasteiger partial charge in [-0.1, -0.05) is 30.0 Å². The van der Waals surface area contributed by atoms with E-state index >= 15 is 0 Å². The van der Waals surface area contributed by atoms with Gasteiger partial charge in [0.1, 0.15) is 17.2 Å². The highest BCUT2D eigenvalue weighted by Gasteiger charge is 2.12. The highest BCUT2D eigenvalue weighted by molar-refractivity contribution is 6.32. The van der Waals surface area contributed by atoms with Gasteiger partial charge in [0, 0.05) is 17.2 Å². The van der Waals surface area contributed by atoms with E-state index in [0.29, 0.717) is 35.1 Å². The molecule has 0 aromatic heterocycles. The van der Waals surface area contributed by atoms with Crippen LogP contribution in [0, 0.1) is 11.8 Å². The van der Waals surface area contributed by atoms with Crippen LogP contribution in [-0.2, 0) is 9.53 Å². The minimum atomic E-state index is -0.521. The summed E-state index contributed by atoms with van der Waals surface area (Å²) in [6, 6.07) is 19.2. The van der Waals surface area contributed by atoms with E-state index in [0.717, 1.165) is 43.1 Å². The Bertz CT molecular complexity index is 1290. The highest BCUT2D eigenvalue weighted by Crippen LogP contribution is 2.26. The van der Waals surface area contributed by atoms with Gasteiger partial charge in [0.25, 0.3) is 0 Å². The first-order valence-corrected chi connectivity index (χ1v) is 12.6. The van der Waals surface area contributed by atoms with Crippen molar-refractivity contribution in [1.29, 1.82) is 0 Å². The minimum Gasteiger partial charge on any atom is -0.497 e. The predicted octanol–water partition coefficient (Wildman–Crippen LogP) is 6.64. The van der Waals surface area contributed by atoms with Crippen molar-refractivity contribution in [2.24, 2.45) is 0 Å². The maximum atomic E-state index is 12.6. The fraction of sp³-hybridized carbons (Fsp3) is 0.226. The predicted molar refractivity (Wildman–Crippen MR) is 147 cm³/mol. The van der Waals surface area contributed by atoms with Crippen molar-refractivity contribution in [3.63, 3.8) is 0 Å². The van der Waals surface area contributed by atoms with Crippen LogP contribution in [0.5, 0.6) is 17.2 Å². The lowest BCUT2D eigenvalue weighted by molar-refractivity contribution is -0.137. The van der Waals surface area contributed by atoms with Crippen LogP contribution >= 0.6 is 11.6 Å². The monoisotopic (exact) mass is 532 g/mol. The van der Waals surface area contributed by atoms with Crippen LogP contribution in [0.3, 0.4) is 0 Å². The molecule has 0 radical (unpaired) electrons. The van der Waals surface area contributed by atoms with Crippen LogP contribution < -0.4 is 14.2 Å². The maximum Gasteiger partial charge on any atom is 0.343 e. The molecule has 3 aromatic rings. The first-order valence-electron chi connectivity index (χ1n) is 12.2. The Balaban J connectivity index is 1.43. The molecule has 0 fully saturated rings. The summed E-state index contributed by atoms with van der Waals surface area (Å²) in [5.41, 5.74) is 1.92. The molecule has 0 saturated heterocycles. The van der Waals surface area contributed by atoms with E-state index in [-0.39, 0.29) is 5.75 Å². The summed E-state index contributed by atoms with van der Waals surface area (Å²) in [4.78, 5) is 23.5. The van der Waals surface area contributed by atoms with E-state index in [2.05, 4.69) is 18.4 Å². The Morgan fingerprint density at radius 2 is 1.47 bits per heavy atom. The molecule has 7 heteroatoms. The number of methoxy groups -OCH3 is 1. The second-order valence-electron chi connectivity index (χ2n) is 8.17. The lowest BCUT2D eigenvalue weighted by atomic mass is 10.1. The Morgan fingerprint density at radius 3 is 2.13 bits per heavy atom. The van der Waals surface area contributed by atoms with Gasteiger partial charge in [-0.15, -0.1) is 0 Å². The van der Waals surface area contributed by atoms with Crippen LogP contribution in [0.15, 0.2) is 79.4 Å². The van der Waals surface area contributed by atoms with E-state index in [1.54, 1.807) is 49.6 Å². The van der Waals surface area contributed by atoms with E-state index < -0.39 is 11.9 Å². The third-order valence-corrected chi connectivity index (χ3v) is 5.68. The normalized spacial score (nSPS) is 10.1. The van der Waals surface area contributed by atoms with E-state index in [4.69, 9.17) is 30.5 Å². The van der Waals surface area contributed by atoms with Gasteiger partial charge in [0.15, 0.2) is 0 Å². The van der Waals surface area contributed by atoms with Crippen molar-refractivity contribution in [2.75, 3.05) is 20.3 Å². The van der Waals surface area contributed by atoms with Crippen molar-refractivity contribution in [3.05, 3.63) is 101 Å². The topological polar surface area (TPSA) is 71.1 Å². The van der Waals surface area contributed by atoms with Crippen LogP contribution in [-0.4, -0.2) is 32.3 Å². The average Bonchev–Trinajstić information content (AvgIpc) is 2.95. The second-order valence-corrected chi connectivity index (χ2v) is 8.58. The first kappa shape index (κ1) is 28.4. The molecule has 38 heavy (non-hydrogen) atoms.